The Morgan fingerprint density at radius 1 is 1.00 bits per heavy atom. The number of benzene rings is 1. The van der Waals surface area contributed by atoms with Crippen molar-refractivity contribution in [1.29, 1.82) is 0 Å². The largest absolute Gasteiger partial charge is 0.779 e. The van der Waals surface area contributed by atoms with E-state index in [1.807, 2.05) is 59.3 Å². The Hall–Kier alpha value is -1.25. The molecule has 2 aromatic heterocycles. The summed E-state index contributed by atoms with van der Waals surface area (Å²) >= 11 is 5.29. The molecule has 0 radical (unpaired) electrons. The molecule has 0 saturated carbocycles. The first kappa shape index (κ1) is 12.2. The second-order valence-corrected chi connectivity index (χ2v) is 4.03. The van der Waals surface area contributed by atoms with Gasteiger partial charge < -0.3 is 17.0 Å². The Bertz CT molecular complexity index is 615. The number of aromatic nitrogens is 2. The fourth-order valence-electron chi connectivity index (χ4n) is 1.74. The van der Waals surface area contributed by atoms with E-state index < -0.39 is 0 Å². The number of fused-ring (bicyclic) bond motifs is 1. The summed E-state index contributed by atoms with van der Waals surface area (Å²) in [5.41, 5.74) is 2.88. The Kier molecular flexibility index (Phi) is 3.55. The maximum absolute atomic E-state index is 5.29. The second kappa shape index (κ2) is 4.95. The van der Waals surface area contributed by atoms with Crippen LogP contribution in [0.3, 0.4) is 0 Å². The molecule has 0 amide bonds. The van der Waals surface area contributed by atoms with Crippen LogP contribution in [0.5, 0.6) is 0 Å². The van der Waals surface area contributed by atoms with Crippen molar-refractivity contribution in [2.45, 2.75) is 4.90 Å². The van der Waals surface area contributed by atoms with Crippen molar-refractivity contribution in [3.63, 3.8) is 0 Å². The predicted octanol–water partition coefficient (Wildman–Crippen LogP) is 2.90. The van der Waals surface area contributed by atoms with Crippen LogP contribution in [0.2, 0.25) is 0 Å². The zero-order valence-corrected chi connectivity index (χ0v) is 13.0. The summed E-state index contributed by atoms with van der Waals surface area (Å²) in [6.45, 7) is 0. The molecule has 3 rings (SSSR count). The minimum atomic E-state index is 0. The molecule has 3 aromatic rings. The summed E-state index contributed by atoms with van der Waals surface area (Å²) in [6, 6.07) is 13.8. The SMILES string of the molecule is [S-]c1ccccc1-c1cn2ccccc2n1.[Zn]. The van der Waals surface area contributed by atoms with Crippen LogP contribution in [0.25, 0.3) is 16.9 Å². The molecule has 2 heterocycles. The molecule has 0 unspecified atom stereocenters. The van der Waals surface area contributed by atoms with Crippen LogP contribution >= 0.6 is 0 Å². The molecule has 17 heavy (non-hydrogen) atoms. The van der Waals surface area contributed by atoms with E-state index in [1.165, 1.54) is 0 Å². The smallest absolute Gasteiger partial charge is 0.137 e. The van der Waals surface area contributed by atoms with Crippen molar-refractivity contribution >= 4 is 18.3 Å². The molecule has 0 atom stereocenters. The van der Waals surface area contributed by atoms with E-state index in [-0.39, 0.29) is 19.5 Å². The van der Waals surface area contributed by atoms with Gasteiger partial charge in [-0.25, -0.2) is 4.98 Å². The molecule has 0 aliphatic rings. The van der Waals surface area contributed by atoms with Crippen molar-refractivity contribution < 1.29 is 19.5 Å². The molecule has 0 saturated heterocycles. The minimum absolute atomic E-state index is 0. The Balaban J connectivity index is 0.00000108. The Morgan fingerprint density at radius 3 is 2.53 bits per heavy atom. The van der Waals surface area contributed by atoms with Gasteiger partial charge >= 0.3 is 0 Å². The average molecular weight is 291 g/mol. The summed E-state index contributed by atoms with van der Waals surface area (Å²) in [5.74, 6) is 0. The summed E-state index contributed by atoms with van der Waals surface area (Å²) in [6.07, 6.45) is 3.98. The molecule has 0 N–H and O–H groups in total. The van der Waals surface area contributed by atoms with Gasteiger partial charge in [0.1, 0.15) is 5.65 Å². The number of imidazole rings is 1. The number of hydrogen-bond donors (Lipinski definition) is 0. The van der Waals surface area contributed by atoms with E-state index in [9.17, 15) is 0 Å². The second-order valence-electron chi connectivity index (χ2n) is 3.59. The third-order valence-corrected chi connectivity index (χ3v) is 2.88. The van der Waals surface area contributed by atoms with Crippen molar-refractivity contribution in [3.05, 3.63) is 54.9 Å². The van der Waals surface area contributed by atoms with Crippen LogP contribution in [-0.4, -0.2) is 9.38 Å². The first-order chi connectivity index (χ1) is 7.84. The molecule has 0 aliphatic heterocycles. The van der Waals surface area contributed by atoms with E-state index in [0.29, 0.717) is 0 Å². The Morgan fingerprint density at radius 2 is 1.76 bits per heavy atom. The van der Waals surface area contributed by atoms with Crippen molar-refractivity contribution in [3.8, 4) is 11.3 Å². The molecule has 0 spiro atoms. The van der Waals surface area contributed by atoms with Crippen LogP contribution in [0, 0.1) is 0 Å². The normalized spacial score (nSPS) is 10.1. The van der Waals surface area contributed by atoms with Crippen LogP contribution in [0.1, 0.15) is 0 Å². The third kappa shape index (κ3) is 2.24. The zero-order valence-electron chi connectivity index (χ0n) is 9.21. The van der Waals surface area contributed by atoms with Crippen molar-refractivity contribution in [2.75, 3.05) is 0 Å². The minimum Gasteiger partial charge on any atom is -0.779 e. The number of hydrogen-bond acceptors (Lipinski definition) is 2. The van der Waals surface area contributed by atoms with Crippen LogP contribution < -0.4 is 0 Å². The van der Waals surface area contributed by atoms with E-state index >= 15 is 0 Å². The molecule has 0 bridgehead atoms. The molecular formula is C13H9N2SZn-. The van der Waals surface area contributed by atoms with Crippen LogP contribution in [-0.2, 0) is 32.1 Å². The van der Waals surface area contributed by atoms with E-state index in [2.05, 4.69) is 4.98 Å². The molecular weight excluding hydrogens is 282 g/mol. The molecule has 0 fully saturated rings. The van der Waals surface area contributed by atoms with Gasteiger partial charge in [-0.15, -0.1) is 0 Å². The predicted molar refractivity (Wildman–Crippen MR) is 66.3 cm³/mol. The first-order valence-corrected chi connectivity index (χ1v) is 5.45. The molecule has 80 valence electrons. The Labute approximate surface area is 118 Å². The zero-order chi connectivity index (χ0) is 11.0. The monoisotopic (exact) mass is 289 g/mol. The maximum atomic E-state index is 5.29. The van der Waals surface area contributed by atoms with E-state index in [4.69, 9.17) is 12.6 Å². The maximum Gasteiger partial charge on any atom is 0.137 e. The van der Waals surface area contributed by atoms with Gasteiger partial charge in [0, 0.05) is 31.9 Å². The summed E-state index contributed by atoms with van der Waals surface area (Å²) < 4.78 is 2.00. The van der Waals surface area contributed by atoms with Gasteiger partial charge in [0.05, 0.1) is 5.69 Å². The van der Waals surface area contributed by atoms with Gasteiger partial charge in [0.25, 0.3) is 0 Å². The van der Waals surface area contributed by atoms with Gasteiger partial charge in [-0.1, -0.05) is 30.3 Å². The van der Waals surface area contributed by atoms with Gasteiger partial charge in [-0.3, -0.25) is 0 Å². The molecule has 0 aliphatic carbocycles. The summed E-state index contributed by atoms with van der Waals surface area (Å²) in [7, 11) is 0. The van der Waals surface area contributed by atoms with E-state index in [0.717, 1.165) is 21.8 Å². The first-order valence-electron chi connectivity index (χ1n) is 5.05. The number of nitrogens with zero attached hydrogens (tertiary/aromatic N) is 2. The molecule has 2 nitrogen and oxygen atoms in total. The fourth-order valence-corrected chi connectivity index (χ4v) is 1.99. The quantitative estimate of drug-likeness (QED) is 0.506. The van der Waals surface area contributed by atoms with Crippen LogP contribution in [0.15, 0.2) is 59.8 Å². The van der Waals surface area contributed by atoms with Gasteiger partial charge in [0.2, 0.25) is 0 Å². The topological polar surface area (TPSA) is 17.3 Å². The third-order valence-electron chi connectivity index (χ3n) is 2.53. The van der Waals surface area contributed by atoms with Crippen molar-refractivity contribution in [1.82, 2.24) is 9.38 Å². The number of rotatable bonds is 1. The fraction of sp³-hybridized carbons (Fsp3) is 0. The summed E-state index contributed by atoms with van der Waals surface area (Å²) in [5, 5.41) is 0. The molecule has 4 heteroatoms. The van der Waals surface area contributed by atoms with Crippen LogP contribution in [0.4, 0.5) is 0 Å². The van der Waals surface area contributed by atoms with Gasteiger partial charge in [-0.2, -0.15) is 4.90 Å². The van der Waals surface area contributed by atoms with Gasteiger partial charge in [-0.05, 0) is 17.7 Å². The average Bonchev–Trinajstić information content (AvgIpc) is 2.73. The van der Waals surface area contributed by atoms with E-state index in [1.54, 1.807) is 0 Å². The number of pyridine rings is 1. The van der Waals surface area contributed by atoms with Crippen molar-refractivity contribution in [2.24, 2.45) is 0 Å². The molecule has 1 aromatic carbocycles. The summed E-state index contributed by atoms with van der Waals surface area (Å²) in [4.78, 5) is 5.38. The standard InChI is InChI=1S/C13H10N2S.Zn/c16-12-6-2-1-5-10(12)11-9-15-8-4-3-7-13(15)14-11;/h1-9,16H;/p-1. The van der Waals surface area contributed by atoms with Gasteiger partial charge in [0.15, 0.2) is 0 Å².